The van der Waals surface area contributed by atoms with E-state index in [2.05, 4.69) is 5.32 Å². The molecule has 21 heavy (non-hydrogen) atoms. The summed E-state index contributed by atoms with van der Waals surface area (Å²) < 4.78 is 31.9. The van der Waals surface area contributed by atoms with Gasteiger partial charge in [-0.25, -0.2) is 13.6 Å². The van der Waals surface area contributed by atoms with Gasteiger partial charge in [-0.05, 0) is 45.6 Å². The van der Waals surface area contributed by atoms with Crippen molar-refractivity contribution in [1.29, 1.82) is 0 Å². The van der Waals surface area contributed by atoms with Gasteiger partial charge in [0.2, 0.25) is 0 Å². The Morgan fingerprint density at radius 1 is 1.29 bits per heavy atom. The molecule has 118 valence electrons. The Bertz CT molecular complexity index is 474. The highest BCUT2D eigenvalue weighted by Crippen LogP contribution is 2.24. The van der Waals surface area contributed by atoms with Gasteiger partial charge < -0.3 is 9.64 Å². The largest absolute Gasteiger partial charge is 0.464 e. The molecule has 1 rings (SSSR count). The third-order valence-electron chi connectivity index (χ3n) is 3.16. The van der Waals surface area contributed by atoms with Gasteiger partial charge in [0, 0.05) is 19.2 Å². The van der Waals surface area contributed by atoms with Crippen LogP contribution in [0.25, 0.3) is 0 Å². The lowest BCUT2D eigenvalue weighted by Gasteiger charge is -2.29. The Hall–Kier alpha value is -1.53. The standard InChI is InChI=1S/C15H22F2N2O2/c1-5-21-14(20)15(2,18-6-7-19(3)4)11-8-12(16)10-13(17)9-11/h8-10,18H,5-7H2,1-4H3. The monoisotopic (exact) mass is 300 g/mol. The van der Waals surface area contributed by atoms with Crippen molar-refractivity contribution in [3.05, 3.63) is 35.4 Å². The zero-order valence-corrected chi connectivity index (χ0v) is 12.9. The molecule has 0 aliphatic rings. The van der Waals surface area contributed by atoms with Crippen LogP contribution in [0.2, 0.25) is 0 Å². The fourth-order valence-electron chi connectivity index (χ4n) is 1.94. The first-order chi connectivity index (χ1) is 9.79. The summed E-state index contributed by atoms with van der Waals surface area (Å²) >= 11 is 0. The van der Waals surface area contributed by atoms with Crippen LogP contribution in [0.4, 0.5) is 8.78 Å². The highest BCUT2D eigenvalue weighted by molar-refractivity contribution is 5.82. The lowest BCUT2D eigenvalue weighted by Crippen LogP contribution is -2.49. The Morgan fingerprint density at radius 3 is 2.33 bits per heavy atom. The first kappa shape index (κ1) is 17.5. The molecule has 0 radical (unpaired) electrons. The lowest BCUT2D eigenvalue weighted by atomic mass is 9.91. The molecular formula is C15H22F2N2O2. The Balaban J connectivity index is 3.07. The summed E-state index contributed by atoms with van der Waals surface area (Å²) in [6.45, 7) is 4.59. The van der Waals surface area contributed by atoms with E-state index in [0.29, 0.717) is 13.1 Å². The van der Waals surface area contributed by atoms with Crippen LogP contribution >= 0.6 is 0 Å². The van der Waals surface area contributed by atoms with E-state index in [1.54, 1.807) is 13.8 Å². The van der Waals surface area contributed by atoms with Crippen molar-refractivity contribution in [3.63, 3.8) is 0 Å². The van der Waals surface area contributed by atoms with Crippen LogP contribution < -0.4 is 5.32 Å². The summed E-state index contributed by atoms with van der Waals surface area (Å²) in [5, 5.41) is 3.03. The van der Waals surface area contributed by atoms with Crippen LogP contribution in [0.5, 0.6) is 0 Å². The molecule has 1 N–H and O–H groups in total. The van der Waals surface area contributed by atoms with E-state index >= 15 is 0 Å². The van der Waals surface area contributed by atoms with E-state index in [1.807, 2.05) is 19.0 Å². The maximum absolute atomic E-state index is 13.4. The minimum Gasteiger partial charge on any atom is -0.464 e. The summed E-state index contributed by atoms with van der Waals surface area (Å²) in [4.78, 5) is 14.2. The number of hydrogen-bond donors (Lipinski definition) is 1. The molecule has 0 amide bonds. The molecule has 1 unspecified atom stereocenters. The molecule has 0 saturated heterocycles. The third kappa shape index (κ3) is 4.75. The number of halogens is 2. The second kappa shape index (κ2) is 7.47. The fraction of sp³-hybridized carbons (Fsp3) is 0.533. The molecule has 1 atom stereocenters. The summed E-state index contributed by atoms with van der Waals surface area (Å²) in [7, 11) is 3.79. The average Bonchev–Trinajstić information content (AvgIpc) is 2.37. The molecule has 4 nitrogen and oxygen atoms in total. The molecule has 0 saturated carbocycles. The topological polar surface area (TPSA) is 41.6 Å². The zero-order chi connectivity index (χ0) is 16.0. The van der Waals surface area contributed by atoms with Crippen LogP contribution in [0.15, 0.2) is 18.2 Å². The summed E-state index contributed by atoms with van der Waals surface area (Å²) in [6.07, 6.45) is 0. The predicted octanol–water partition coefficient (Wildman–Crippen LogP) is 1.89. The first-order valence-electron chi connectivity index (χ1n) is 6.83. The van der Waals surface area contributed by atoms with Crippen LogP contribution in [0.1, 0.15) is 19.4 Å². The van der Waals surface area contributed by atoms with E-state index in [1.165, 1.54) is 0 Å². The summed E-state index contributed by atoms with van der Waals surface area (Å²) in [5.41, 5.74) is -1.09. The van der Waals surface area contributed by atoms with Crippen LogP contribution in [0.3, 0.4) is 0 Å². The maximum Gasteiger partial charge on any atom is 0.330 e. The number of ether oxygens (including phenoxy) is 1. The number of carbonyl (C=O) groups is 1. The van der Waals surface area contributed by atoms with Gasteiger partial charge in [0.15, 0.2) is 0 Å². The predicted molar refractivity (Wildman–Crippen MR) is 76.9 cm³/mol. The lowest BCUT2D eigenvalue weighted by molar-refractivity contribution is -0.151. The molecule has 6 heteroatoms. The van der Waals surface area contributed by atoms with E-state index < -0.39 is 23.1 Å². The molecule has 0 fully saturated rings. The third-order valence-corrected chi connectivity index (χ3v) is 3.16. The number of nitrogens with zero attached hydrogens (tertiary/aromatic N) is 1. The number of benzene rings is 1. The fourth-order valence-corrected chi connectivity index (χ4v) is 1.94. The van der Waals surface area contributed by atoms with Crippen molar-refractivity contribution in [2.24, 2.45) is 0 Å². The molecule has 0 aliphatic carbocycles. The zero-order valence-electron chi connectivity index (χ0n) is 12.9. The van der Waals surface area contributed by atoms with Crippen molar-refractivity contribution in [1.82, 2.24) is 10.2 Å². The number of esters is 1. The van der Waals surface area contributed by atoms with Gasteiger partial charge in [0.25, 0.3) is 0 Å². The number of hydrogen-bond acceptors (Lipinski definition) is 4. The van der Waals surface area contributed by atoms with Crippen LogP contribution in [-0.4, -0.2) is 44.7 Å². The van der Waals surface area contributed by atoms with E-state index in [0.717, 1.165) is 18.2 Å². The van der Waals surface area contributed by atoms with Gasteiger partial charge in [-0.15, -0.1) is 0 Å². The second-order valence-corrected chi connectivity index (χ2v) is 5.23. The Morgan fingerprint density at radius 2 is 1.86 bits per heavy atom. The average molecular weight is 300 g/mol. The molecule has 0 spiro atoms. The van der Waals surface area contributed by atoms with Crippen molar-refractivity contribution in [2.75, 3.05) is 33.8 Å². The molecule has 0 bridgehead atoms. The van der Waals surface area contributed by atoms with Gasteiger partial charge in [-0.2, -0.15) is 0 Å². The van der Waals surface area contributed by atoms with Gasteiger partial charge in [-0.3, -0.25) is 5.32 Å². The molecular weight excluding hydrogens is 278 g/mol. The van der Waals surface area contributed by atoms with Crippen molar-refractivity contribution in [3.8, 4) is 0 Å². The van der Waals surface area contributed by atoms with Gasteiger partial charge in [0.05, 0.1) is 6.61 Å². The first-order valence-corrected chi connectivity index (χ1v) is 6.83. The molecule has 0 heterocycles. The van der Waals surface area contributed by atoms with Gasteiger partial charge in [-0.1, -0.05) is 0 Å². The van der Waals surface area contributed by atoms with Crippen molar-refractivity contribution >= 4 is 5.97 Å². The van der Waals surface area contributed by atoms with E-state index in [9.17, 15) is 13.6 Å². The highest BCUT2D eigenvalue weighted by Gasteiger charge is 2.37. The summed E-state index contributed by atoms with van der Waals surface area (Å²) in [6, 6.07) is 3.06. The number of nitrogens with one attached hydrogen (secondary N) is 1. The van der Waals surface area contributed by atoms with Gasteiger partial charge in [0.1, 0.15) is 17.2 Å². The minimum atomic E-state index is -1.30. The second-order valence-electron chi connectivity index (χ2n) is 5.23. The summed E-state index contributed by atoms with van der Waals surface area (Å²) in [5.74, 6) is -2.02. The van der Waals surface area contributed by atoms with Gasteiger partial charge >= 0.3 is 5.97 Å². The molecule has 0 aromatic heterocycles. The van der Waals surface area contributed by atoms with Crippen LogP contribution in [0, 0.1) is 11.6 Å². The highest BCUT2D eigenvalue weighted by atomic mass is 19.1. The normalized spacial score (nSPS) is 14.0. The van der Waals surface area contributed by atoms with Crippen LogP contribution in [-0.2, 0) is 15.1 Å². The number of rotatable bonds is 7. The quantitative estimate of drug-likeness (QED) is 0.781. The Labute approximate surface area is 124 Å². The van der Waals surface area contributed by atoms with E-state index in [-0.39, 0.29) is 12.2 Å². The smallest absolute Gasteiger partial charge is 0.330 e. The number of likely N-dealkylation sites (N-methyl/N-ethyl adjacent to an activating group) is 1. The Kier molecular flexibility index (Phi) is 6.23. The van der Waals surface area contributed by atoms with Crippen molar-refractivity contribution < 1.29 is 18.3 Å². The van der Waals surface area contributed by atoms with Crippen molar-refractivity contribution in [2.45, 2.75) is 19.4 Å². The number of carbonyl (C=O) groups excluding carboxylic acids is 1. The SMILES string of the molecule is CCOC(=O)C(C)(NCCN(C)C)c1cc(F)cc(F)c1. The van der Waals surface area contributed by atoms with E-state index in [4.69, 9.17) is 4.74 Å². The maximum atomic E-state index is 13.4. The molecule has 0 aliphatic heterocycles. The molecule has 1 aromatic carbocycles. The molecule has 1 aromatic rings. The minimum absolute atomic E-state index is 0.196.